The maximum absolute atomic E-state index is 11.1. The van der Waals surface area contributed by atoms with Gasteiger partial charge in [-0.2, -0.15) is 5.26 Å². The van der Waals surface area contributed by atoms with Gasteiger partial charge in [0.25, 0.3) is 0 Å². The number of carbonyl (C=O) groups is 1. The average molecular weight is 292 g/mol. The smallest absolute Gasteiger partial charge is 0.315 e. The molecule has 0 amide bonds. The normalized spacial score (nSPS) is 10.3. The van der Waals surface area contributed by atoms with Gasteiger partial charge in [0, 0.05) is 11.4 Å². The molecule has 0 heterocycles. The van der Waals surface area contributed by atoms with Gasteiger partial charge in [0.05, 0.1) is 18.4 Å². The Morgan fingerprint density at radius 2 is 2.25 bits per heavy atom. The number of carbonyl (C=O) groups excluding carboxylic acids is 1. The van der Waals surface area contributed by atoms with Crippen molar-refractivity contribution in [1.29, 1.82) is 5.26 Å². The molecule has 0 aromatic heterocycles. The van der Waals surface area contributed by atoms with Gasteiger partial charge in [-0.05, 0) is 30.2 Å². The van der Waals surface area contributed by atoms with Crippen LogP contribution < -0.4 is 5.32 Å². The van der Waals surface area contributed by atoms with Gasteiger partial charge >= 0.3 is 5.97 Å². The summed E-state index contributed by atoms with van der Waals surface area (Å²) in [7, 11) is 1.36. The van der Waals surface area contributed by atoms with Crippen molar-refractivity contribution in [2.75, 3.05) is 19.4 Å². The van der Waals surface area contributed by atoms with Gasteiger partial charge in [-0.3, -0.25) is 4.79 Å². The number of hydrogen-bond donors (Lipinski definition) is 1. The number of thioether (sulfide) groups is 1. The van der Waals surface area contributed by atoms with E-state index in [1.54, 1.807) is 0 Å². The predicted octanol–water partition coefficient (Wildman–Crippen LogP) is 2.57. The van der Waals surface area contributed by atoms with Crippen LogP contribution in [0.15, 0.2) is 23.1 Å². The highest BCUT2D eigenvalue weighted by Gasteiger charge is 2.08. The lowest BCUT2D eigenvalue weighted by atomic mass is 10.1. The SMILES string of the molecule is COC(=O)CSc1ccc(CNCC(C)C)cc1C#N. The van der Waals surface area contributed by atoms with Crippen molar-refractivity contribution in [3.63, 3.8) is 0 Å². The minimum Gasteiger partial charge on any atom is -0.468 e. The Labute approximate surface area is 124 Å². The summed E-state index contributed by atoms with van der Waals surface area (Å²) in [6.45, 7) is 6.00. The first-order chi connectivity index (χ1) is 9.56. The highest BCUT2D eigenvalue weighted by molar-refractivity contribution is 8.00. The fourth-order valence-corrected chi connectivity index (χ4v) is 2.42. The lowest BCUT2D eigenvalue weighted by molar-refractivity contribution is -0.137. The third-order valence-electron chi connectivity index (χ3n) is 2.62. The number of methoxy groups -OCH3 is 1. The summed E-state index contributed by atoms with van der Waals surface area (Å²) in [6.07, 6.45) is 0. The molecule has 20 heavy (non-hydrogen) atoms. The van der Waals surface area contributed by atoms with E-state index in [2.05, 4.69) is 30.0 Å². The monoisotopic (exact) mass is 292 g/mol. The van der Waals surface area contributed by atoms with Crippen molar-refractivity contribution in [3.8, 4) is 6.07 Å². The first-order valence-corrected chi connectivity index (χ1v) is 7.48. The van der Waals surface area contributed by atoms with Gasteiger partial charge in [-0.1, -0.05) is 19.9 Å². The second-order valence-corrected chi connectivity index (χ2v) is 5.85. The van der Waals surface area contributed by atoms with Crippen LogP contribution in [0.25, 0.3) is 0 Å². The van der Waals surface area contributed by atoms with Crippen molar-refractivity contribution < 1.29 is 9.53 Å². The van der Waals surface area contributed by atoms with E-state index in [1.165, 1.54) is 18.9 Å². The molecular weight excluding hydrogens is 272 g/mol. The third-order valence-corrected chi connectivity index (χ3v) is 3.67. The average Bonchev–Trinajstić information content (AvgIpc) is 2.44. The minimum absolute atomic E-state index is 0.218. The molecule has 108 valence electrons. The first kappa shape index (κ1) is 16.5. The zero-order valence-corrected chi connectivity index (χ0v) is 12.9. The summed E-state index contributed by atoms with van der Waals surface area (Å²) in [4.78, 5) is 11.9. The molecule has 0 atom stereocenters. The Morgan fingerprint density at radius 3 is 2.85 bits per heavy atom. The third kappa shape index (κ3) is 5.64. The molecule has 1 rings (SSSR count). The minimum atomic E-state index is -0.290. The number of ether oxygens (including phenoxy) is 1. The summed E-state index contributed by atoms with van der Waals surface area (Å²) in [6, 6.07) is 7.91. The number of rotatable bonds is 7. The van der Waals surface area contributed by atoms with E-state index >= 15 is 0 Å². The maximum atomic E-state index is 11.1. The van der Waals surface area contributed by atoms with E-state index < -0.39 is 0 Å². The molecule has 1 N–H and O–H groups in total. The van der Waals surface area contributed by atoms with E-state index in [4.69, 9.17) is 0 Å². The topological polar surface area (TPSA) is 62.1 Å². The summed E-state index contributed by atoms with van der Waals surface area (Å²) in [5.74, 6) is 0.526. The van der Waals surface area contributed by atoms with Crippen LogP contribution in [0.4, 0.5) is 0 Å². The van der Waals surface area contributed by atoms with E-state index in [1.807, 2.05) is 18.2 Å². The number of hydrogen-bond acceptors (Lipinski definition) is 5. The van der Waals surface area contributed by atoms with Gasteiger partial charge in [-0.15, -0.1) is 11.8 Å². The molecule has 0 fully saturated rings. The standard InChI is InChI=1S/C15H20N2O2S/c1-11(2)8-17-9-12-4-5-14(13(6-12)7-16)20-10-15(18)19-3/h4-6,11,17H,8-10H2,1-3H3. The highest BCUT2D eigenvalue weighted by Crippen LogP contribution is 2.23. The van der Waals surface area contributed by atoms with E-state index in [-0.39, 0.29) is 11.7 Å². The molecule has 5 heteroatoms. The van der Waals surface area contributed by atoms with E-state index in [9.17, 15) is 10.1 Å². The number of benzene rings is 1. The Bertz CT molecular complexity index is 495. The lowest BCUT2D eigenvalue weighted by Gasteiger charge is -2.09. The predicted molar refractivity (Wildman–Crippen MR) is 80.4 cm³/mol. The van der Waals surface area contributed by atoms with Crippen LogP contribution in [0.2, 0.25) is 0 Å². The fourth-order valence-electron chi connectivity index (χ4n) is 1.60. The molecule has 0 aliphatic carbocycles. The summed E-state index contributed by atoms with van der Waals surface area (Å²) in [5.41, 5.74) is 1.67. The van der Waals surface area contributed by atoms with Gasteiger partial charge in [-0.25, -0.2) is 0 Å². The molecular formula is C15H20N2O2S. The van der Waals surface area contributed by atoms with Gasteiger partial charge in [0.1, 0.15) is 6.07 Å². The number of nitrogens with one attached hydrogen (secondary N) is 1. The quantitative estimate of drug-likeness (QED) is 0.618. The van der Waals surface area contributed by atoms with Crippen molar-refractivity contribution >= 4 is 17.7 Å². The zero-order chi connectivity index (χ0) is 15.0. The molecule has 0 aliphatic heterocycles. The van der Waals surface area contributed by atoms with Crippen molar-refractivity contribution in [2.24, 2.45) is 5.92 Å². The number of esters is 1. The van der Waals surface area contributed by atoms with Gasteiger partial charge < -0.3 is 10.1 Å². The molecule has 0 radical (unpaired) electrons. The number of nitrogens with zero attached hydrogens (tertiary/aromatic N) is 1. The molecule has 1 aromatic rings. The molecule has 1 aromatic carbocycles. The molecule has 0 saturated carbocycles. The van der Waals surface area contributed by atoms with Crippen molar-refractivity contribution in [1.82, 2.24) is 5.32 Å². The van der Waals surface area contributed by atoms with Crippen LogP contribution in [-0.2, 0) is 16.1 Å². The van der Waals surface area contributed by atoms with Crippen LogP contribution in [0.5, 0.6) is 0 Å². The fraction of sp³-hybridized carbons (Fsp3) is 0.467. The lowest BCUT2D eigenvalue weighted by Crippen LogP contribution is -2.19. The molecule has 0 spiro atoms. The van der Waals surface area contributed by atoms with Crippen LogP contribution >= 0.6 is 11.8 Å². The largest absolute Gasteiger partial charge is 0.468 e. The Hall–Kier alpha value is -1.51. The second kappa shape index (κ2) is 8.62. The van der Waals surface area contributed by atoms with Crippen molar-refractivity contribution in [3.05, 3.63) is 29.3 Å². The number of nitriles is 1. The maximum Gasteiger partial charge on any atom is 0.315 e. The summed E-state index contributed by atoms with van der Waals surface area (Å²) in [5, 5.41) is 12.5. The van der Waals surface area contributed by atoms with E-state index in [0.29, 0.717) is 11.5 Å². The van der Waals surface area contributed by atoms with E-state index in [0.717, 1.165) is 23.5 Å². The molecule has 0 bridgehead atoms. The van der Waals surface area contributed by atoms with Crippen LogP contribution in [0.1, 0.15) is 25.0 Å². The molecule has 4 nitrogen and oxygen atoms in total. The Balaban J connectivity index is 2.66. The van der Waals surface area contributed by atoms with Gasteiger partial charge in [0.2, 0.25) is 0 Å². The van der Waals surface area contributed by atoms with Crippen LogP contribution in [0.3, 0.4) is 0 Å². The van der Waals surface area contributed by atoms with Crippen molar-refractivity contribution in [2.45, 2.75) is 25.3 Å². The van der Waals surface area contributed by atoms with Crippen LogP contribution in [0, 0.1) is 17.2 Å². The van der Waals surface area contributed by atoms with Gasteiger partial charge in [0.15, 0.2) is 0 Å². The second-order valence-electron chi connectivity index (χ2n) is 4.83. The zero-order valence-electron chi connectivity index (χ0n) is 12.1. The summed E-state index contributed by atoms with van der Waals surface area (Å²) >= 11 is 1.32. The molecule has 0 saturated heterocycles. The van der Waals surface area contributed by atoms with Crippen LogP contribution in [-0.4, -0.2) is 25.4 Å². The first-order valence-electron chi connectivity index (χ1n) is 6.50. The summed E-state index contributed by atoms with van der Waals surface area (Å²) < 4.78 is 4.59. The highest BCUT2D eigenvalue weighted by atomic mass is 32.2. The Kier molecular flexibility index (Phi) is 7.13. The molecule has 0 aliphatic rings. The Morgan fingerprint density at radius 1 is 1.50 bits per heavy atom. The molecule has 0 unspecified atom stereocenters.